The molecule has 1 aromatic carbocycles. The maximum Gasteiger partial charge on any atom is 0.270 e. The van der Waals surface area contributed by atoms with Crippen molar-refractivity contribution in [1.29, 1.82) is 0 Å². The van der Waals surface area contributed by atoms with Gasteiger partial charge in [0.15, 0.2) is 0 Å². The standard InChI is InChI=1S/C18H21N3O2/c1-12-11-15(14-9-5-6-10-16(14)19-12)18(23)21-20-17(22)13-7-3-2-4-8-13/h5-6,9-11,13H,2-4,7-8H2,1H3,(H,20,22)(H,21,23). The van der Waals surface area contributed by atoms with E-state index in [-0.39, 0.29) is 17.7 Å². The lowest BCUT2D eigenvalue weighted by molar-refractivity contribution is -0.126. The second-order valence-electron chi connectivity index (χ2n) is 6.11. The van der Waals surface area contributed by atoms with Gasteiger partial charge in [0.2, 0.25) is 5.91 Å². The predicted octanol–water partition coefficient (Wildman–Crippen LogP) is 2.88. The van der Waals surface area contributed by atoms with Gasteiger partial charge < -0.3 is 0 Å². The fourth-order valence-corrected chi connectivity index (χ4v) is 3.15. The minimum atomic E-state index is -0.309. The van der Waals surface area contributed by atoms with E-state index in [2.05, 4.69) is 15.8 Å². The van der Waals surface area contributed by atoms with E-state index in [0.717, 1.165) is 42.3 Å². The van der Waals surface area contributed by atoms with Crippen LogP contribution in [-0.2, 0) is 4.79 Å². The van der Waals surface area contributed by atoms with Gasteiger partial charge in [-0.3, -0.25) is 25.4 Å². The maximum atomic E-state index is 12.4. The third-order valence-corrected chi connectivity index (χ3v) is 4.36. The number of pyridine rings is 1. The van der Waals surface area contributed by atoms with Gasteiger partial charge in [0.05, 0.1) is 11.1 Å². The predicted molar refractivity (Wildman–Crippen MR) is 88.7 cm³/mol. The van der Waals surface area contributed by atoms with Gasteiger partial charge >= 0.3 is 0 Å². The molecule has 23 heavy (non-hydrogen) atoms. The molecule has 5 heteroatoms. The number of aromatic nitrogens is 1. The Bertz CT molecular complexity index is 736. The van der Waals surface area contributed by atoms with Gasteiger partial charge in [0.25, 0.3) is 5.91 Å². The van der Waals surface area contributed by atoms with E-state index >= 15 is 0 Å². The number of carbonyl (C=O) groups is 2. The topological polar surface area (TPSA) is 71.1 Å². The number of rotatable bonds is 2. The van der Waals surface area contributed by atoms with Gasteiger partial charge in [0.1, 0.15) is 0 Å². The van der Waals surface area contributed by atoms with Gasteiger partial charge in [-0.15, -0.1) is 0 Å². The summed E-state index contributed by atoms with van der Waals surface area (Å²) in [5.74, 6) is -0.385. The van der Waals surface area contributed by atoms with Gasteiger partial charge in [-0.2, -0.15) is 0 Å². The Hall–Kier alpha value is -2.43. The molecule has 2 N–H and O–H groups in total. The molecule has 5 nitrogen and oxygen atoms in total. The number of carbonyl (C=O) groups excluding carboxylic acids is 2. The molecule has 1 aromatic heterocycles. The minimum absolute atomic E-state index is 0.0139. The summed E-state index contributed by atoms with van der Waals surface area (Å²) in [5.41, 5.74) is 7.20. The number of hydrogen-bond acceptors (Lipinski definition) is 3. The zero-order valence-electron chi connectivity index (χ0n) is 13.3. The quantitative estimate of drug-likeness (QED) is 0.838. The zero-order valence-corrected chi connectivity index (χ0v) is 13.3. The van der Waals surface area contributed by atoms with E-state index in [0.29, 0.717) is 5.56 Å². The van der Waals surface area contributed by atoms with Gasteiger partial charge in [-0.05, 0) is 31.9 Å². The average molecular weight is 311 g/mol. The lowest BCUT2D eigenvalue weighted by atomic mass is 9.89. The molecule has 0 spiro atoms. The van der Waals surface area contributed by atoms with Crippen LogP contribution in [0.25, 0.3) is 10.9 Å². The summed E-state index contributed by atoms with van der Waals surface area (Å²) in [5, 5.41) is 0.780. The first-order valence-corrected chi connectivity index (χ1v) is 8.12. The van der Waals surface area contributed by atoms with Gasteiger partial charge in [-0.25, -0.2) is 0 Å². The van der Waals surface area contributed by atoms with E-state index in [1.807, 2.05) is 31.2 Å². The monoisotopic (exact) mass is 311 g/mol. The molecule has 1 aliphatic rings. The van der Waals surface area contributed by atoms with Crippen molar-refractivity contribution in [2.45, 2.75) is 39.0 Å². The second-order valence-corrected chi connectivity index (χ2v) is 6.11. The number of fused-ring (bicyclic) bond motifs is 1. The molecule has 1 heterocycles. The highest BCUT2D eigenvalue weighted by molar-refractivity contribution is 6.06. The van der Waals surface area contributed by atoms with Crippen LogP contribution in [-0.4, -0.2) is 16.8 Å². The maximum absolute atomic E-state index is 12.4. The molecule has 0 aliphatic heterocycles. The fraction of sp³-hybridized carbons (Fsp3) is 0.389. The van der Waals surface area contributed by atoms with Crippen molar-refractivity contribution in [2.75, 3.05) is 0 Å². The highest BCUT2D eigenvalue weighted by Crippen LogP contribution is 2.23. The SMILES string of the molecule is Cc1cc(C(=O)NNC(=O)C2CCCCC2)c2ccccc2n1. The molecular formula is C18H21N3O2. The van der Waals surface area contributed by atoms with Crippen molar-refractivity contribution < 1.29 is 9.59 Å². The molecule has 1 aliphatic carbocycles. The number of nitrogens with zero attached hydrogens (tertiary/aromatic N) is 1. The first kappa shape index (κ1) is 15.5. The molecule has 0 radical (unpaired) electrons. The van der Waals surface area contributed by atoms with Gasteiger partial charge in [0, 0.05) is 17.0 Å². The van der Waals surface area contributed by atoms with Crippen molar-refractivity contribution in [3.05, 3.63) is 41.6 Å². The summed E-state index contributed by atoms with van der Waals surface area (Å²) in [7, 11) is 0. The van der Waals surface area contributed by atoms with Crippen LogP contribution in [0.5, 0.6) is 0 Å². The Morgan fingerprint density at radius 3 is 2.61 bits per heavy atom. The number of aryl methyl sites for hydroxylation is 1. The summed E-state index contributed by atoms with van der Waals surface area (Å²) in [6.07, 6.45) is 5.16. The number of para-hydroxylation sites is 1. The van der Waals surface area contributed by atoms with Crippen LogP contribution < -0.4 is 10.9 Å². The Labute approximate surface area is 135 Å². The van der Waals surface area contributed by atoms with Crippen LogP contribution in [0.15, 0.2) is 30.3 Å². The van der Waals surface area contributed by atoms with Crippen molar-refractivity contribution in [1.82, 2.24) is 15.8 Å². The molecule has 2 aromatic rings. The molecule has 0 atom stereocenters. The highest BCUT2D eigenvalue weighted by atomic mass is 16.2. The van der Waals surface area contributed by atoms with Crippen LogP contribution in [0.1, 0.15) is 48.2 Å². The summed E-state index contributed by atoms with van der Waals surface area (Å²) in [6, 6.07) is 9.24. The summed E-state index contributed by atoms with van der Waals surface area (Å²) in [4.78, 5) is 29.0. The van der Waals surface area contributed by atoms with E-state index in [4.69, 9.17) is 0 Å². The molecular weight excluding hydrogens is 290 g/mol. The highest BCUT2D eigenvalue weighted by Gasteiger charge is 2.21. The number of benzene rings is 1. The van der Waals surface area contributed by atoms with E-state index in [1.54, 1.807) is 6.07 Å². The molecule has 120 valence electrons. The smallest absolute Gasteiger partial charge is 0.270 e. The van der Waals surface area contributed by atoms with Crippen LogP contribution in [0, 0.1) is 12.8 Å². The molecule has 1 saturated carbocycles. The summed E-state index contributed by atoms with van der Waals surface area (Å²) >= 11 is 0. The summed E-state index contributed by atoms with van der Waals surface area (Å²) < 4.78 is 0. The van der Waals surface area contributed by atoms with Crippen molar-refractivity contribution in [3.63, 3.8) is 0 Å². The molecule has 0 saturated heterocycles. The van der Waals surface area contributed by atoms with Crippen molar-refractivity contribution in [3.8, 4) is 0 Å². The average Bonchev–Trinajstić information content (AvgIpc) is 2.59. The third-order valence-electron chi connectivity index (χ3n) is 4.36. The lowest BCUT2D eigenvalue weighted by Gasteiger charge is -2.20. The Morgan fingerprint density at radius 1 is 1.09 bits per heavy atom. The summed E-state index contributed by atoms with van der Waals surface area (Å²) in [6.45, 7) is 1.85. The number of hydrogen-bond donors (Lipinski definition) is 2. The first-order chi connectivity index (χ1) is 11.1. The van der Waals surface area contributed by atoms with E-state index < -0.39 is 0 Å². The van der Waals surface area contributed by atoms with E-state index in [1.165, 1.54) is 6.42 Å². The molecule has 3 rings (SSSR count). The first-order valence-electron chi connectivity index (χ1n) is 8.12. The van der Waals surface area contributed by atoms with Crippen molar-refractivity contribution in [2.24, 2.45) is 5.92 Å². The fourth-order valence-electron chi connectivity index (χ4n) is 3.15. The number of amides is 2. The molecule has 2 amide bonds. The van der Waals surface area contributed by atoms with Gasteiger partial charge in [-0.1, -0.05) is 37.5 Å². The zero-order chi connectivity index (χ0) is 16.2. The lowest BCUT2D eigenvalue weighted by Crippen LogP contribution is -2.45. The largest absolute Gasteiger partial charge is 0.273 e. The van der Waals surface area contributed by atoms with Crippen molar-refractivity contribution >= 4 is 22.7 Å². The normalized spacial score (nSPS) is 15.3. The Morgan fingerprint density at radius 2 is 1.83 bits per heavy atom. The van der Waals surface area contributed by atoms with Crippen LogP contribution >= 0.6 is 0 Å². The van der Waals surface area contributed by atoms with Crippen LogP contribution in [0.3, 0.4) is 0 Å². The van der Waals surface area contributed by atoms with Crippen LogP contribution in [0.4, 0.5) is 0 Å². The minimum Gasteiger partial charge on any atom is -0.273 e. The second kappa shape index (κ2) is 6.77. The number of nitrogens with one attached hydrogen (secondary N) is 2. The molecule has 0 bridgehead atoms. The third kappa shape index (κ3) is 3.50. The Kier molecular flexibility index (Phi) is 4.55. The van der Waals surface area contributed by atoms with Crippen LogP contribution in [0.2, 0.25) is 0 Å². The molecule has 0 unspecified atom stereocenters. The number of hydrazine groups is 1. The molecule has 1 fully saturated rings. The van der Waals surface area contributed by atoms with E-state index in [9.17, 15) is 9.59 Å². The Balaban J connectivity index is 1.72.